The minimum absolute atomic E-state index is 0.101. The molecule has 0 bridgehead atoms. The Labute approximate surface area is 133 Å². The van der Waals surface area contributed by atoms with E-state index in [0.717, 1.165) is 10.2 Å². The number of nitrogens with zero attached hydrogens (tertiary/aromatic N) is 2. The Morgan fingerprint density at radius 3 is 2.57 bits per heavy atom. The highest BCUT2D eigenvalue weighted by atomic mass is 16.2. The number of carbonyl (C=O) groups excluding carboxylic acids is 2. The third kappa shape index (κ3) is 4.03. The van der Waals surface area contributed by atoms with Crippen molar-refractivity contribution < 1.29 is 9.59 Å². The number of rotatable bonds is 4. The lowest BCUT2D eigenvalue weighted by Crippen LogP contribution is -2.23. The number of carbonyl (C=O) groups is 2. The average Bonchev–Trinajstić information content (AvgIpc) is 2.53. The first-order chi connectivity index (χ1) is 10.9. The Bertz CT molecular complexity index is 811. The summed E-state index contributed by atoms with van der Waals surface area (Å²) in [6.07, 6.45) is 0.373. The van der Waals surface area contributed by atoms with Crippen LogP contribution in [0, 0.1) is 6.92 Å². The van der Waals surface area contributed by atoms with Crippen molar-refractivity contribution in [3.8, 4) is 0 Å². The molecule has 7 heteroatoms. The summed E-state index contributed by atoms with van der Waals surface area (Å²) >= 11 is 0. The van der Waals surface area contributed by atoms with Crippen LogP contribution in [0.5, 0.6) is 0 Å². The molecule has 0 saturated heterocycles. The molecule has 0 saturated carbocycles. The fraction of sp³-hybridized carbons (Fsp3) is 0.250. The topological polar surface area (TPSA) is 93.1 Å². The molecule has 0 radical (unpaired) electrons. The van der Waals surface area contributed by atoms with E-state index in [4.69, 9.17) is 0 Å². The van der Waals surface area contributed by atoms with Gasteiger partial charge in [0.15, 0.2) is 0 Å². The van der Waals surface area contributed by atoms with Gasteiger partial charge in [-0.05, 0) is 30.7 Å². The highest BCUT2D eigenvalue weighted by Gasteiger charge is 2.10. The molecule has 0 aliphatic heterocycles. The van der Waals surface area contributed by atoms with Crippen LogP contribution in [0.15, 0.2) is 35.1 Å². The van der Waals surface area contributed by atoms with Gasteiger partial charge in [0.2, 0.25) is 5.91 Å². The summed E-state index contributed by atoms with van der Waals surface area (Å²) < 4.78 is 1.09. The van der Waals surface area contributed by atoms with Crippen molar-refractivity contribution in [3.63, 3.8) is 0 Å². The molecule has 7 nitrogen and oxygen atoms in total. The summed E-state index contributed by atoms with van der Waals surface area (Å²) in [5.41, 5.74) is 1.91. The molecule has 23 heavy (non-hydrogen) atoms. The van der Waals surface area contributed by atoms with Crippen molar-refractivity contribution in [2.75, 3.05) is 10.6 Å². The fourth-order valence-electron chi connectivity index (χ4n) is 1.89. The second-order valence-corrected chi connectivity index (χ2v) is 5.07. The van der Waals surface area contributed by atoms with Gasteiger partial charge in [-0.2, -0.15) is 5.10 Å². The number of anilines is 2. The van der Waals surface area contributed by atoms with Crippen molar-refractivity contribution >= 4 is 23.2 Å². The maximum Gasteiger partial charge on any atom is 0.276 e. The minimum Gasteiger partial charge on any atom is -0.326 e. The summed E-state index contributed by atoms with van der Waals surface area (Å²) in [6.45, 7) is 3.63. The minimum atomic E-state index is -0.433. The van der Waals surface area contributed by atoms with Crippen LogP contribution in [-0.4, -0.2) is 21.6 Å². The van der Waals surface area contributed by atoms with Crippen molar-refractivity contribution in [1.29, 1.82) is 0 Å². The lowest BCUT2D eigenvalue weighted by Gasteiger charge is -2.11. The van der Waals surface area contributed by atoms with Crippen molar-refractivity contribution in [2.45, 2.75) is 20.3 Å². The van der Waals surface area contributed by atoms with Crippen LogP contribution in [0.4, 0.5) is 11.4 Å². The summed E-state index contributed by atoms with van der Waals surface area (Å²) in [5.74, 6) is -0.534. The fourth-order valence-corrected chi connectivity index (χ4v) is 1.89. The monoisotopic (exact) mass is 314 g/mol. The van der Waals surface area contributed by atoms with Crippen molar-refractivity contribution in [1.82, 2.24) is 9.78 Å². The highest BCUT2D eigenvalue weighted by Crippen LogP contribution is 2.20. The molecule has 2 amide bonds. The Morgan fingerprint density at radius 1 is 1.17 bits per heavy atom. The van der Waals surface area contributed by atoms with Gasteiger partial charge in [0, 0.05) is 30.9 Å². The molecule has 0 unspecified atom stereocenters. The molecule has 0 atom stereocenters. The number of hydrogen-bond acceptors (Lipinski definition) is 4. The van der Waals surface area contributed by atoms with E-state index in [2.05, 4.69) is 15.7 Å². The van der Waals surface area contributed by atoms with Gasteiger partial charge < -0.3 is 10.6 Å². The molecule has 2 rings (SSSR count). The van der Waals surface area contributed by atoms with Crippen LogP contribution < -0.4 is 16.2 Å². The van der Waals surface area contributed by atoms with E-state index in [1.165, 1.54) is 19.2 Å². The SMILES string of the molecule is CCC(=O)Nc1cc(NC(=O)c2ccc(=O)n(C)n2)ccc1C. The van der Waals surface area contributed by atoms with E-state index in [1.54, 1.807) is 25.1 Å². The number of aryl methyl sites for hydroxylation is 2. The van der Waals surface area contributed by atoms with Gasteiger partial charge in [-0.15, -0.1) is 0 Å². The lowest BCUT2D eigenvalue weighted by molar-refractivity contribution is -0.115. The molecular weight excluding hydrogens is 296 g/mol. The van der Waals surface area contributed by atoms with Gasteiger partial charge in [-0.1, -0.05) is 13.0 Å². The summed E-state index contributed by atoms with van der Waals surface area (Å²) in [4.78, 5) is 35.0. The number of hydrogen-bond donors (Lipinski definition) is 2. The third-order valence-electron chi connectivity index (χ3n) is 3.28. The van der Waals surface area contributed by atoms with Gasteiger partial charge in [-0.25, -0.2) is 4.68 Å². The lowest BCUT2D eigenvalue weighted by atomic mass is 10.1. The zero-order valence-corrected chi connectivity index (χ0v) is 13.2. The average molecular weight is 314 g/mol. The normalized spacial score (nSPS) is 10.2. The quantitative estimate of drug-likeness (QED) is 0.898. The van der Waals surface area contributed by atoms with Crippen LogP contribution in [0.3, 0.4) is 0 Å². The Morgan fingerprint density at radius 2 is 1.91 bits per heavy atom. The predicted molar refractivity (Wildman–Crippen MR) is 87.5 cm³/mol. The van der Waals surface area contributed by atoms with E-state index >= 15 is 0 Å². The number of aromatic nitrogens is 2. The predicted octanol–water partition coefficient (Wildman–Crippen LogP) is 1.69. The van der Waals surface area contributed by atoms with Crippen LogP contribution in [0.2, 0.25) is 0 Å². The van der Waals surface area contributed by atoms with E-state index in [9.17, 15) is 14.4 Å². The Kier molecular flexibility index (Phi) is 4.90. The van der Waals surface area contributed by atoms with Gasteiger partial charge >= 0.3 is 0 Å². The molecule has 1 heterocycles. The van der Waals surface area contributed by atoms with E-state index < -0.39 is 5.91 Å². The maximum absolute atomic E-state index is 12.2. The molecule has 0 fully saturated rings. The largest absolute Gasteiger partial charge is 0.326 e. The van der Waals surface area contributed by atoms with Crippen LogP contribution in [0.1, 0.15) is 29.4 Å². The first-order valence-corrected chi connectivity index (χ1v) is 7.17. The number of benzene rings is 1. The smallest absolute Gasteiger partial charge is 0.276 e. The van der Waals surface area contributed by atoms with Crippen LogP contribution in [-0.2, 0) is 11.8 Å². The highest BCUT2D eigenvalue weighted by molar-refractivity contribution is 6.03. The molecule has 1 aromatic heterocycles. The van der Waals surface area contributed by atoms with E-state index in [1.807, 2.05) is 6.92 Å². The summed E-state index contributed by atoms with van der Waals surface area (Å²) in [5, 5.41) is 9.37. The first-order valence-electron chi connectivity index (χ1n) is 7.17. The van der Waals surface area contributed by atoms with Crippen LogP contribution in [0.25, 0.3) is 0 Å². The molecule has 0 aliphatic rings. The third-order valence-corrected chi connectivity index (χ3v) is 3.28. The Hall–Kier alpha value is -2.96. The van der Waals surface area contributed by atoms with Gasteiger partial charge in [0.1, 0.15) is 5.69 Å². The van der Waals surface area contributed by atoms with Gasteiger partial charge in [0.05, 0.1) is 0 Å². The second kappa shape index (κ2) is 6.87. The Balaban J connectivity index is 2.20. The molecule has 2 N–H and O–H groups in total. The number of amides is 2. The number of nitrogens with one attached hydrogen (secondary N) is 2. The first kappa shape index (κ1) is 16.4. The summed E-state index contributed by atoms with van der Waals surface area (Å²) in [7, 11) is 1.48. The molecule has 0 spiro atoms. The zero-order valence-electron chi connectivity index (χ0n) is 13.2. The van der Waals surface area contributed by atoms with Crippen LogP contribution >= 0.6 is 0 Å². The molecule has 1 aromatic carbocycles. The van der Waals surface area contributed by atoms with Gasteiger partial charge in [-0.3, -0.25) is 14.4 Å². The molecule has 120 valence electrons. The summed E-state index contributed by atoms with van der Waals surface area (Å²) in [6, 6.07) is 7.87. The zero-order chi connectivity index (χ0) is 17.0. The molecule has 0 aliphatic carbocycles. The van der Waals surface area contributed by atoms with E-state index in [-0.39, 0.29) is 17.2 Å². The molecular formula is C16H18N4O3. The standard InChI is InChI=1S/C16H18N4O3/c1-4-14(21)18-13-9-11(6-5-10(13)2)17-16(23)12-7-8-15(22)20(3)19-12/h5-9H,4H2,1-3H3,(H,17,23)(H,18,21). The van der Waals surface area contributed by atoms with Gasteiger partial charge in [0.25, 0.3) is 11.5 Å². The van der Waals surface area contributed by atoms with Crippen molar-refractivity contribution in [2.24, 2.45) is 7.05 Å². The molecule has 2 aromatic rings. The maximum atomic E-state index is 12.2. The van der Waals surface area contributed by atoms with E-state index in [0.29, 0.717) is 17.8 Å². The van der Waals surface area contributed by atoms with Crippen molar-refractivity contribution in [3.05, 3.63) is 51.9 Å². The second-order valence-electron chi connectivity index (χ2n) is 5.07.